The van der Waals surface area contributed by atoms with Gasteiger partial charge < -0.3 is 0 Å². The number of piperidine rings is 1. The molecule has 0 radical (unpaired) electrons. The molecule has 0 atom stereocenters. The van der Waals surface area contributed by atoms with Crippen LogP contribution in [0.1, 0.15) is 70.3 Å². The minimum absolute atomic E-state index is 0. The molecule has 4 nitrogen and oxygen atoms in total. The molecule has 0 aliphatic carbocycles. The van der Waals surface area contributed by atoms with Crippen molar-refractivity contribution in [3.63, 3.8) is 0 Å². The molecule has 3 aromatic carbocycles. The van der Waals surface area contributed by atoms with Crippen molar-refractivity contribution in [3.05, 3.63) is 106 Å². The molecule has 0 saturated carbocycles. The van der Waals surface area contributed by atoms with Gasteiger partial charge >= 0.3 is 0 Å². The average molecular weight is 583 g/mol. The number of halogens is 3. The van der Waals surface area contributed by atoms with Crippen LogP contribution in [0, 0.1) is 23.1 Å². The summed E-state index contributed by atoms with van der Waals surface area (Å²) in [7, 11) is 0. The van der Waals surface area contributed by atoms with Gasteiger partial charge in [0.1, 0.15) is 5.82 Å². The molecule has 212 valence electrons. The summed E-state index contributed by atoms with van der Waals surface area (Å²) in [5, 5.41) is 9.35. The highest BCUT2D eigenvalue weighted by Crippen LogP contribution is 2.26. The van der Waals surface area contributed by atoms with Crippen LogP contribution in [0.3, 0.4) is 0 Å². The fourth-order valence-corrected chi connectivity index (χ4v) is 5.91. The van der Waals surface area contributed by atoms with Gasteiger partial charge in [0.05, 0.1) is 11.6 Å². The van der Waals surface area contributed by atoms with Gasteiger partial charge in [-0.05, 0) is 104 Å². The standard InChI is InChI=1S/C33H36FN3O.2ClH/c34-32-12-7-26(8-13-32)22-37-17-3-6-27-10-11-28(20-31(27)24-37)33(38)14-9-25-15-18-36(19-16-25)23-30-5-2-1-4-29(30)21-35;;/h1-2,4-5,7-8,10-13,20,25H,3,6,9,14-19,22-24H2;2*1H. The summed E-state index contributed by atoms with van der Waals surface area (Å²) in [5.74, 6) is 0.617. The first-order valence-corrected chi connectivity index (χ1v) is 13.9. The van der Waals surface area contributed by atoms with E-state index in [2.05, 4.69) is 28.0 Å². The second-order valence-corrected chi connectivity index (χ2v) is 10.9. The van der Waals surface area contributed by atoms with E-state index in [0.29, 0.717) is 12.3 Å². The van der Waals surface area contributed by atoms with Gasteiger partial charge in [-0.25, -0.2) is 4.39 Å². The maximum absolute atomic E-state index is 13.3. The van der Waals surface area contributed by atoms with Crippen molar-refractivity contribution in [1.82, 2.24) is 9.80 Å². The summed E-state index contributed by atoms with van der Waals surface area (Å²) in [4.78, 5) is 18.0. The van der Waals surface area contributed by atoms with E-state index in [1.165, 1.54) is 23.3 Å². The Balaban J connectivity index is 0.00000220. The van der Waals surface area contributed by atoms with Gasteiger partial charge in [0.2, 0.25) is 0 Å². The van der Waals surface area contributed by atoms with Crippen molar-refractivity contribution < 1.29 is 9.18 Å². The number of fused-ring (bicyclic) bond motifs is 1. The zero-order valence-corrected chi connectivity index (χ0v) is 24.5. The minimum atomic E-state index is -0.204. The fraction of sp³-hybridized carbons (Fsp3) is 0.394. The Labute approximate surface area is 250 Å². The smallest absolute Gasteiger partial charge is 0.162 e. The van der Waals surface area contributed by atoms with Gasteiger partial charge in [0, 0.05) is 31.6 Å². The zero-order chi connectivity index (χ0) is 26.3. The van der Waals surface area contributed by atoms with Gasteiger partial charge in [0.15, 0.2) is 5.78 Å². The van der Waals surface area contributed by atoms with Crippen LogP contribution in [0.4, 0.5) is 4.39 Å². The first-order valence-electron chi connectivity index (χ1n) is 13.9. The van der Waals surface area contributed by atoms with Crippen molar-refractivity contribution in [2.24, 2.45) is 5.92 Å². The monoisotopic (exact) mass is 581 g/mol. The second-order valence-electron chi connectivity index (χ2n) is 10.9. The molecule has 1 saturated heterocycles. The molecule has 1 fully saturated rings. The van der Waals surface area contributed by atoms with Crippen molar-refractivity contribution in [1.29, 1.82) is 5.26 Å². The Morgan fingerprint density at radius 1 is 0.900 bits per heavy atom. The number of hydrogen-bond acceptors (Lipinski definition) is 4. The van der Waals surface area contributed by atoms with Gasteiger partial charge in [0.25, 0.3) is 0 Å². The van der Waals surface area contributed by atoms with E-state index in [1.54, 1.807) is 0 Å². The number of hydrogen-bond donors (Lipinski definition) is 0. The lowest BCUT2D eigenvalue weighted by molar-refractivity contribution is 0.0961. The number of aryl methyl sites for hydroxylation is 1. The summed E-state index contributed by atoms with van der Waals surface area (Å²) in [6.45, 7) is 5.46. The van der Waals surface area contributed by atoms with Crippen LogP contribution in [0.5, 0.6) is 0 Å². The third-order valence-electron chi connectivity index (χ3n) is 8.18. The summed E-state index contributed by atoms with van der Waals surface area (Å²) in [6.07, 6.45) is 5.85. The lowest BCUT2D eigenvalue weighted by Crippen LogP contribution is -2.33. The fourth-order valence-electron chi connectivity index (χ4n) is 5.91. The summed E-state index contributed by atoms with van der Waals surface area (Å²) < 4.78 is 13.3. The molecule has 2 heterocycles. The first kappa shape index (κ1) is 31.8. The maximum atomic E-state index is 13.3. The van der Waals surface area contributed by atoms with Gasteiger partial charge in [-0.1, -0.05) is 42.5 Å². The third kappa shape index (κ3) is 8.38. The average Bonchev–Trinajstić information content (AvgIpc) is 3.15. The molecule has 40 heavy (non-hydrogen) atoms. The Bertz CT molecular complexity index is 1300. The van der Waals surface area contributed by atoms with Crippen LogP contribution in [-0.4, -0.2) is 35.2 Å². The van der Waals surface area contributed by atoms with Crippen molar-refractivity contribution >= 4 is 30.6 Å². The SMILES string of the molecule is Cl.Cl.N#Cc1ccccc1CN1CCC(CCC(=O)c2ccc3c(c2)CN(Cc2ccc(F)cc2)CCC3)CC1. The number of benzene rings is 3. The number of likely N-dealkylation sites (tertiary alicyclic amines) is 1. The van der Waals surface area contributed by atoms with Gasteiger partial charge in [-0.15, -0.1) is 24.8 Å². The number of carbonyl (C=O) groups is 1. The lowest BCUT2D eigenvalue weighted by atomic mass is 9.89. The largest absolute Gasteiger partial charge is 0.299 e. The van der Waals surface area contributed by atoms with Gasteiger partial charge in [-0.3, -0.25) is 14.6 Å². The number of ketones is 1. The third-order valence-corrected chi connectivity index (χ3v) is 8.18. The topological polar surface area (TPSA) is 47.3 Å². The number of nitriles is 1. The van der Waals surface area contributed by atoms with Crippen LogP contribution < -0.4 is 0 Å². The van der Waals surface area contributed by atoms with Crippen LogP contribution in [-0.2, 0) is 26.1 Å². The van der Waals surface area contributed by atoms with E-state index in [1.807, 2.05) is 42.5 Å². The molecule has 0 unspecified atom stereocenters. The molecule has 0 N–H and O–H groups in total. The second kappa shape index (κ2) is 15.3. The highest BCUT2D eigenvalue weighted by Gasteiger charge is 2.22. The van der Waals surface area contributed by atoms with Crippen LogP contribution >= 0.6 is 24.8 Å². The van der Waals surface area contributed by atoms with Crippen LogP contribution in [0.15, 0.2) is 66.7 Å². The van der Waals surface area contributed by atoms with E-state index < -0.39 is 0 Å². The minimum Gasteiger partial charge on any atom is -0.299 e. The van der Waals surface area contributed by atoms with E-state index >= 15 is 0 Å². The number of carbonyl (C=O) groups excluding carboxylic acids is 1. The summed E-state index contributed by atoms with van der Waals surface area (Å²) in [6, 6.07) is 23.2. The van der Waals surface area contributed by atoms with Crippen molar-refractivity contribution in [3.8, 4) is 6.07 Å². The predicted octanol–water partition coefficient (Wildman–Crippen LogP) is 7.36. The molecular weight excluding hydrogens is 544 g/mol. The molecule has 2 aliphatic rings. The normalized spacial score (nSPS) is 16.1. The Morgan fingerprint density at radius 2 is 1.65 bits per heavy atom. The molecule has 0 aromatic heterocycles. The van der Waals surface area contributed by atoms with Crippen molar-refractivity contribution in [2.45, 2.75) is 58.2 Å². The highest BCUT2D eigenvalue weighted by atomic mass is 35.5. The van der Waals surface area contributed by atoms with Crippen molar-refractivity contribution in [2.75, 3.05) is 19.6 Å². The highest BCUT2D eigenvalue weighted by molar-refractivity contribution is 5.96. The summed E-state index contributed by atoms with van der Waals surface area (Å²) in [5.41, 5.74) is 6.40. The lowest BCUT2D eigenvalue weighted by Gasteiger charge is -2.32. The quantitative estimate of drug-likeness (QED) is 0.261. The molecule has 3 aromatic rings. The first-order chi connectivity index (χ1) is 18.6. The van der Waals surface area contributed by atoms with Crippen LogP contribution in [0.2, 0.25) is 0 Å². The molecule has 0 amide bonds. The maximum Gasteiger partial charge on any atom is 0.162 e. The zero-order valence-electron chi connectivity index (χ0n) is 22.9. The Hall–Kier alpha value is -2.75. The number of Topliss-reactive ketones (excluding diaryl/α,β-unsaturated/α-hetero) is 1. The molecular formula is C33H38Cl2FN3O. The molecule has 0 bridgehead atoms. The Morgan fingerprint density at radius 3 is 2.40 bits per heavy atom. The van der Waals surface area contributed by atoms with Crippen LogP contribution in [0.25, 0.3) is 0 Å². The molecule has 0 spiro atoms. The number of nitrogens with zero attached hydrogens (tertiary/aromatic N) is 3. The summed E-state index contributed by atoms with van der Waals surface area (Å²) >= 11 is 0. The van der Waals surface area contributed by atoms with E-state index in [0.717, 1.165) is 93.6 Å². The van der Waals surface area contributed by atoms with Gasteiger partial charge in [-0.2, -0.15) is 5.26 Å². The number of rotatable bonds is 8. The molecule has 2 aliphatic heterocycles. The predicted molar refractivity (Wildman–Crippen MR) is 162 cm³/mol. The Kier molecular flexibility index (Phi) is 12.2. The molecule has 5 rings (SSSR count). The molecule has 7 heteroatoms. The van der Waals surface area contributed by atoms with E-state index in [-0.39, 0.29) is 36.4 Å². The van der Waals surface area contributed by atoms with E-state index in [9.17, 15) is 14.4 Å². The van der Waals surface area contributed by atoms with E-state index in [4.69, 9.17) is 0 Å².